The highest BCUT2D eigenvalue weighted by Crippen LogP contribution is 1.79. The molecule has 0 aliphatic heterocycles. The molecule has 0 aliphatic rings. The molecule has 5 heteroatoms. The van der Waals surface area contributed by atoms with E-state index in [2.05, 4.69) is 24.3 Å². The average molecular weight is 219 g/mol. The van der Waals surface area contributed by atoms with E-state index in [1.165, 1.54) is 0 Å². The Kier molecular flexibility index (Phi) is 21.3. The lowest BCUT2D eigenvalue weighted by atomic mass is 10.4. The lowest BCUT2D eigenvalue weighted by molar-refractivity contribution is 0.290. The first-order valence-electron chi connectivity index (χ1n) is 3.73. The molecule has 0 saturated carbocycles. The Bertz CT molecular complexity index is 74.4. The Hall–Kier alpha value is 0.460. The summed E-state index contributed by atoms with van der Waals surface area (Å²) in [6, 6.07) is 0. The lowest BCUT2D eigenvalue weighted by Crippen LogP contribution is -2.23. The van der Waals surface area contributed by atoms with E-state index in [0.29, 0.717) is 6.54 Å². The maximum atomic E-state index is 8.40. The van der Waals surface area contributed by atoms with E-state index in [-0.39, 0.29) is 31.4 Å². The van der Waals surface area contributed by atoms with E-state index in [1.54, 1.807) is 0 Å². The summed E-state index contributed by atoms with van der Waals surface area (Å²) < 4.78 is 0. The minimum Gasteiger partial charge on any atom is -0.395 e. The SMILES string of the molecule is CN(C)CCCNCCO.Cl.Cl. The van der Waals surface area contributed by atoms with E-state index in [4.69, 9.17) is 5.11 Å². The van der Waals surface area contributed by atoms with Gasteiger partial charge >= 0.3 is 0 Å². The van der Waals surface area contributed by atoms with Crippen LogP contribution in [0.25, 0.3) is 0 Å². The summed E-state index contributed by atoms with van der Waals surface area (Å²) in [4.78, 5) is 2.15. The smallest absolute Gasteiger partial charge is 0.0555 e. The maximum absolute atomic E-state index is 8.40. The van der Waals surface area contributed by atoms with Gasteiger partial charge in [-0.15, -0.1) is 24.8 Å². The standard InChI is InChI=1S/C7H18N2O.2ClH/c1-9(2)6-3-4-8-5-7-10;;/h8,10H,3-7H2,1-2H3;2*1H. The predicted octanol–water partition coefficient (Wildman–Crippen LogP) is 0.364. The molecule has 12 heavy (non-hydrogen) atoms. The van der Waals surface area contributed by atoms with Crippen molar-refractivity contribution >= 4 is 24.8 Å². The zero-order valence-electron chi connectivity index (χ0n) is 7.75. The number of aliphatic hydroxyl groups is 1. The molecule has 0 radical (unpaired) electrons. The number of hydrogen-bond acceptors (Lipinski definition) is 3. The summed E-state index contributed by atoms with van der Waals surface area (Å²) in [5.41, 5.74) is 0. The van der Waals surface area contributed by atoms with Crippen LogP contribution in [0.1, 0.15) is 6.42 Å². The third-order valence-electron chi connectivity index (χ3n) is 1.25. The molecule has 0 atom stereocenters. The highest BCUT2D eigenvalue weighted by Gasteiger charge is 1.88. The van der Waals surface area contributed by atoms with Crippen molar-refractivity contribution in [2.24, 2.45) is 0 Å². The zero-order chi connectivity index (χ0) is 7.82. The van der Waals surface area contributed by atoms with E-state index >= 15 is 0 Å². The van der Waals surface area contributed by atoms with Crippen LogP contribution in [-0.4, -0.2) is 50.3 Å². The van der Waals surface area contributed by atoms with Gasteiger partial charge in [0.25, 0.3) is 0 Å². The van der Waals surface area contributed by atoms with Crippen molar-refractivity contribution in [2.75, 3.05) is 40.3 Å². The van der Waals surface area contributed by atoms with Gasteiger partial charge in [0, 0.05) is 6.54 Å². The van der Waals surface area contributed by atoms with Crippen molar-refractivity contribution in [3.05, 3.63) is 0 Å². The van der Waals surface area contributed by atoms with Crippen molar-refractivity contribution < 1.29 is 5.11 Å². The molecule has 0 rings (SSSR count). The molecule has 2 N–H and O–H groups in total. The molecule has 0 bridgehead atoms. The molecule has 3 nitrogen and oxygen atoms in total. The van der Waals surface area contributed by atoms with Crippen LogP contribution < -0.4 is 5.32 Å². The fraction of sp³-hybridized carbons (Fsp3) is 1.00. The van der Waals surface area contributed by atoms with E-state index in [0.717, 1.165) is 19.5 Å². The number of hydrogen-bond donors (Lipinski definition) is 2. The summed E-state index contributed by atoms with van der Waals surface area (Å²) in [5, 5.41) is 11.5. The first kappa shape index (κ1) is 18.3. The number of nitrogens with zero attached hydrogens (tertiary/aromatic N) is 1. The van der Waals surface area contributed by atoms with Crippen molar-refractivity contribution in [1.29, 1.82) is 0 Å². The second kappa shape index (κ2) is 14.0. The number of halogens is 2. The molecule has 0 unspecified atom stereocenters. The Morgan fingerprint density at radius 3 is 2.17 bits per heavy atom. The monoisotopic (exact) mass is 218 g/mol. The summed E-state index contributed by atoms with van der Waals surface area (Å²) in [5.74, 6) is 0. The molecule has 0 aliphatic carbocycles. The number of nitrogens with one attached hydrogen (secondary N) is 1. The highest BCUT2D eigenvalue weighted by molar-refractivity contribution is 5.85. The summed E-state index contributed by atoms with van der Waals surface area (Å²) >= 11 is 0. The van der Waals surface area contributed by atoms with Crippen LogP contribution in [-0.2, 0) is 0 Å². The van der Waals surface area contributed by atoms with Crippen LogP contribution in [0.15, 0.2) is 0 Å². The van der Waals surface area contributed by atoms with Crippen LogP contribution >= 0.6 is 24.8 Å². The van der Waals surface area contributed by atoms with Gasteiger partial charge in [-0.05, 0) is 33.6 Å². The highest BCUT2D eigenvalue weighted by atomic mass is 35.5. The van der Waals surface area contributed by atoms with Crippen LogP contribution in [0, 0.1) is 0 Å². The van der Waals surface area contributed by atoms with Gasteiger partial charge in [-0.1, -0.05) is 0 Å². The largest absolute Gasteiger partial charge is 0.395 e. The molecule has 78 valence electrons. The van der Waals surface area contributed by atoms with Crippen molar-refractivity contribution in [3.8, 4) is 0 Å². The molecule has 0 saturated heterocycles. The molecule has 0 aromatic rings. The minimum atomic E-state index is 0. The van der Waals surface area contributed by atoms with E-state index in [9.17, 15) is 0 Å². The zero-order valence-corrected chi connectivity index (χ0v) is 9.38. The van der Waals surface area contributed by atoms with Crippen LogP contribution in [0.2, 0.25) is 0 Å². The molecule has 0 spiro atoms. The maximum Gasteiger partial charge on any atom is 0.0555 e. The van der Waals surface area contributed by atoms with Crippen LogP contribution in [0.5, 0.6) is 0 Å². The second-order valence-corrected chi connectivity index (χ2v) is 2.63. The average Bonchev–Trinajstić information content (AvgIpc) is 1.87. The van der Waals surface area contributed by atoms with Gasteiger partial charge in [0.15, 0.2) is 0 Å². The van der Waals surface area contributed by atoms with Crippen LogP contribution in [0.4, 0.5) is 0 Å². The number of aliphatic hydroxyl groups excluding tert-OH is 1. The van der Waals surface area contributed by atoms with Crippen LogP contribution in [0.3, 0.4) is 0 Å². The van der Waals surface area contributed by atoms with Crippen molar-refractivity contribution in [2.45, 2.75) is 6.42 Å². The van der Waals surface area contributed by atoms with Gasteiger partial charge in [0.05, 0.1) is 6.61 Å². The van der Waals surface area contributed by atoms with Gasteiger partial charge in [0.1, 0.15) is 0 Å². The van der Waals surface area contributed by atoms with Gasteiger partial charge in [-0.25, -0.2) is 0 Å². The normalized spacial score (nSPS) is 9.00. The third kappa shape index (κ3) is 16.8. The molecule has 0 aromatic heterocycles. The topological polar surface area (TPSA) is 35.5 Å². The third-order valence-corrected chi connectivity index (χ3v) is 1.25. The van der Waals surface area contributed by atoms with Gasteiger partial charge in [-0.3, -0.25) is 0 Å². The van der Waals surface area contributed by atoms with Crippen molar-refractivity contribution in [3.63, 3.8) is 0 Å². The fourth-order valence-corrected chi connectivity index (χ4v) is 0.724. The van der Waals surface area contributed by atoms with Gasteiger partial charge in [0.2, 0.25) is 0 Å². The molecular formula is C7H20Cl2N2O. The Morgan fingerprint density at radius 2 is 1.75 bits per heavy atom. The lowest BCUT2D eigenvalue weighted by Gasteiger charge is -2.08. The number of rotatable bonds is 6. The summed E-state index contributed by atoms with van der Waals surface area (Å²) in [6.45, 7) is 3.06. The van der Waals surface area contributed by atoms with Gasteiger partial charge in [-0.2, -0.15) is 0 Å². The fourth-order valence-electron chi connectivity index (χ4n) is 0.724. The molecular weight excluding hydrogens is 199 g/mol. The molecule has 0 heterocycles. The quantitative estimate of drug-likeness (QED) is 0.633. The Morgan fingerprint density at radius 1 is 1.17 bits per heavy atom. The molecule has 0 amide bonds. The summed E-state index contributed by atoms with van der Waals surface area (Å²) in [7, 11) is 4.12. The van der Waals surface area contributed by atoms with E-state index < -0.39 is 0 Å². The second-order valence-electron chi connectivity index (χ2n) is 2.63. The first-order valence-corrected chi connectivity index (χ1v) is 3.73. The van der Waals surface area contributed by atoms with E-state index in [1.807, 2.05) is 0 Å². The Balaban J connectivity index is -0.000000405. The first-order chi connectivity index (χ1) is 4.77. The minimum absolute atomic E-state index is 0. The predicted molar refractivity (Wildman–Crippen MR) is 57.6 cm³/mol. The summed E-state index contributed by atoms with van der Waals surface area (Å²) in [6.07, 6.45) is 1.15. The Labute approximate surface area is 87.3 Å². The van der Waals surface area contributed by atoms with Crippen molar-refractivity contribution in [1.82, 2.24) is 10.2 Å². The van der Waals surface area contributed by atoms with Gasteiger partial charge < -0.3 is 15.3 Å². The molecule has 0 aromatic carbocycles. The molecule has 0 fully saturated rings.